The highest BCUT2D eigenvalue weighted by molar-refractivity contribution is 5.94. The molecule has 0 saturated carbocycles. The minimum absolute atomic E-state index is 0.0775. The second-order valence-corrected chi connectivity index (χ2v) is 8.18. The first-order valence-electron chi connectivity index (χ1n) is 10.8. The van der Waals surface area contributed by atoms with E-state index < -0.39 is 23.5 Å². The molecular formula is C25H23F4N3O2. The van der Waals surface area contributed by atoms with Crippen molar-refractivity contribution in [1.29, 1.82) is 0 Å². The standard InChI is InChI=1S/C25H23F4N3O2/c1-2-19-20(8-9-21(23(19)26)24(30)33)16-5-10-22(31-11-16)34-18-13-32(14-18)12-15-3-6-17(7-4-15)25(27,28)29/h3-11,18H,2,12-14H2,1H3,(H2,30,33). The van der Waals surface area contributed by atoms with Gasteiger partial charge in [-0.1, -0.05) is 25.1 Å². The molecule has 2 N–H and O–H groups in total. The molecule has 0 spiro atoms. The number of halogens is 4. The monoisotopic (exact) mass is 473 g/mol. The van der Waals surface area contributed by atoms with Gasteiger partial charge in [-0.15, -0.1) is 0 Å². The molecule has 9 heteroatoms. The molecule has 4 rings (SSSR count). The van der Waals surface area contributed by atoms with Crippen molar-refractivity contribution in [3.8, 4) is 17.0 Å². The van der Waals surface area contributed by atoms with Gasteiger partial charge in [0.15, 0.2) is 0 Å². The van der Waals surface area contributed by atoms with E-state index in [-0.39, 0.29) is 11.7 Å². The van der Waals surface area contributed by atoms with E-state index >= 15 is 0 Å². The summed E-state index contributed by atoms with van der Waals surface area (Å²) in [5.74, 6) is -1.00. The van der Waals surface area contributed by atoms with Gasteiger partial charge in [0.1, 0.15) is 11.9 Å². The predicted molar refractivity (Wildman–Crippen MR) is 119 cm³/mol. The first-order chi connectivity index (χ1) is 16.2. The minimum atomic E-state index is -4.34. The lowest BCUT2D eigenvalue weighted by atomic mass is 9.96. The van der Waals surface area contributed by atoms with Crippen LogP contribution >= 0.6 is 0 Å². The number of hydrogen-bond donors (Lipinski definition) is 1. The summed E-state index contributed by atoms with van der Waals surface area (Å²) in [4.78, 5) is 17.8. The highest BCUT2D eigenvalue weighted by Crippen LogP contribution is 2.31. The largest absolute Gasteiger partial charge is 0.472 e. The van der Waals surface area contributed by atoms with Gasteiger partial charge in [0.05, 0.1) is 11.1 Å². The number of rotatable bonds is 7. The fourth-order valence-corrected chi connectivity index (χ4v) is 3.99. The van der Waals surface area contributed by atoms with Crippen molar-refractivity contribution in [2.45, 2.75) is 32.2 Å². The van der Waals surface area contributed by atoms with Crippen LogP contribution in [0.5, 0.6) is 5.88 Å². The van der Waals surface area contributed by atoms with Crippen LogP contribution in [-0.4, -0.2) is 35.0 Å². The van der Waals surface area contributed by atoms with E-state index in [4.69, 9.17) is 10.5 Å². The van der Waals surface area contributed by atoms with Gasteiger partial charge in [-0.25, -0.2) is 9.37 Å². The van der Waals surface area contributed by atoms with Crippen molar-refractivity contribution >= 4 is 5.91 Å². The maximum atomic E-state index is 14.6. The Balaban J connectivity index is 1.34. The molecule has 1 aliphatic rings. The summed E-state index contributed by atoms with van der Waals surface area (Å²) in [6.45, 7) is 3.59. The number of aromatic nitrogens is 1. The van der Waals surface area contributed by atoms with Crippen LogP contribution in [0.25, 0.3) is 11.1 Å². The zero-order valence-electron chi connectivity index (χ0n) is 18.4. The number of primary amides is 1. The molecule has 0 aliphatic carbocycles. The summed E-state index contributed by atoms with van der Waals surface area (Å²) in [7, 11) is 0. The van der Waals surface area contributed by atoms with Gasteiger partial charge in [0.2, 0.25) is 5.88 Å². The summed E-state index contributed by atoms with van der Waals surface area (Å²) in [6.07, 6.45) is -2.44. The molecule has 0 radical (unpaired) electrons. The smallest absolute Gasteiger partial charge is 0.416 e. The lowest BCUT2D eigenvalue weighted by Gasteiger charge is -2.38. The van der Waals surface area contributed by atoms with Crippen molar-refractivity contribution in [2.24, 2.45) is 5.73 Å². The first-order valence-corrected chi connectivity index (χ1v) is 10.8. The average molecular weight is 473 g/mol. The number of ether oxygens (including phenoxy) is 1. The number of nitrogens with zero attached hydrogens (tertiary/aromatic N) is 2. The van der Waals surface area contributed by atoms with Crippen LogP contribution in [0.2, 0.25) is 0 Å². The number of amides is 1. The molecular weight excluding hydrogens is 450 g/mol. The van der Waals surface area contributed by atoms with Gasteiger partial charge in [0, 0.05) is 37.5 Å². The third-order valence-corrected chi connectivity index (χ3v) is 5.81. The molecule has 1 aliphatic heterocycles. The number of likely N-dealkylation sites (tertiary alicyclic amines) is 1. The molecule has 0 bridgehead atoms. The van der Waals surface area contributed by atoms with Crippen LogP contribution < -0.4 is 10.5 Å². The highest BCUT2D eigenvalue weighted by Gasteiger charge is 2.31. The number of carbonyl (C=O) groups excluding carboxylic acids is 1. The Bertz CT molecular complexity index is 1170. The summed E-state index contributed by atoms with van der Waals surface area (Å²) in [5.41, 5.74) is 6.96. The highest BCUT2D eigenvalue weighted by atomic mass is 19.4. The van der Waals surface area contributed by atoms with Crippen molar-refractivity contribution in [3.05, 3.63) is 82.8 Å². The Morgan fingerprint density at radius 2 is 1.82 bits per heavy atom. The molecule has 0 atom stereocenters. The second-order valence-electron chi connectivity index (χ2n) is 8.18. The third kappa shape index (κ3) is 5.04. The average Bonchev–Trinajstić information content (AvgIpc) is 2.77. The van der Waals surface area contributed by atoms with E-state index in [1.165, 1.54) is 18.2 Å². The zero-order valence-corrected chi connectivity index (χ0v) is 18.4. The molecule has 2 aromatic carbocycles. The maximum absolute atomic E-state index is 14.6. The number of hydrogen-bond acceptors (Lipinski definition) is 4. The fourth-order valence-electron chi connectivity index (χ4n) is 3.99. The Morgan fingerprint density at radius 1 is 1.12 bits per heavy atom. The van der Waals surface area contributed by atoms with Crippen LogP contribution in [0.4, 0.5) is 17.6 Å². The number of carbonyl (C=O) groups is 1. The van der Waals surface area contributed by atoms with Crippen LogP contribution in [0.3, 0.4) is 0 Å². The molecule has 1 amide bonds. The number of alkyl halides is 3. The molecule has 1 saturated heterocycles. The van der Waals surface area contributed by atoms with E-state index in [2.05, 4.69) is 9.88 Å². The lowest BCUT2D eigenvalue weighted by Crippen LogP contribution is -2.53. The molecule has 3 aromatic rings. The van der Waals surface area contributed by atoms with Crippen molar-refractivity contribution in [2.75, 3.05) is 13.1 Å². The molecule has 1 fully saturated rings. The van der Waals surface area contributed by atoms with Gasteiger partial charge in [0.25, 0.3) is 5.91 Å². The van der Waals surface area contributed by atoms with Gasteiger partial charge in [-0.3, -0.25) is 9.69 Å². The topological polar surface area (TPSA) is 68.4 Å². The Morgan fingerprint density at radius 3 is 2.38 bits per heavy atom. The number of pyridine rings is 1. The molecule has 5 nitrogen and oxygen atoms in total. The zero-order chi connectivity index (χ0) is 24.5. The quantitative estimate of drug-likeness (QED) is 0.499. The maximum Gasteiger partial charge on any atom is 0.416 e. The molecule has 0 unspecified atom stereocenters. The SMILES string of the molecule is CCc1c(-c2ccc(OC3CN(Cc4ccc(C(F)(F)F)cc4)C3)nc2)ccc(C(N)=O)c1F. The third-order valence-electron chi connectivity index (χ3n) is 5.81. The van der Waals surface area contributed by atoms with Crippen LogP contribution in [0.1, 0.15) is 34.0 Å². The van der Waals surface area contributed by atoms with Gasteiger partial charge < -0.3 is 10.5 Å². The Labute approximate surface area is 194 Å². The molecule has 1 aromatic heterocycles. The van der Waals surface area contributed by atoms with Gasteiger partial charge >= 0.3 is 6.18 Å². The second kappa shape index (κ2) is 9.42. The van der Waals surface area contributed by atoms with Crippen molar-refractivity contribution in [1.82, 2.24) is 9.88 Å². The van der Waals surface area contributed by atoms with E-state index in [9.17, 15) is 22.4 Å². The number of benzene rings is 2. The van der Waals surface area contributed by atoms with Crippen molar-refractivity contribution < 1.29 is 27.1 Å². The first kappa shape index (κ1) is 23.7. The molecule has 178 valence electrons. The van der Waals surface area contributed by atoms with E-state index in [0.29, 0.717) is 48.6 Å². The van der Waals surface area contributed by atoms with Crippen LogP contribution in [-0.2, 0) is 19.1 Å². The van der Waals surface area contributed by atoms with E-state index in [0.717, 1.165) is 17.7 Å². The predicted octanol–water partition coefficient (Wildman–Crippen LogP) is 4.83. The summed E-state index contributed by atoms with van der Waals surface area (Å²) in [6, 6.07) is 11.7. The summed E-state index contributed by atoms with van der Waals surface area (Å²) >= 11 is 0. The van der Waals surface area contributed by atoms with Gasteiger partial charge in [-0.2, -0.15) is 13.2 Å². The minimum Gasteiger partial charge on any atom is -0.472 e. The Kier molecular flexibility index (Phi) is 6.56. The fraction of sp³-hybridized carbons (Fsp3) is 0.280. The van der Waals surface area contributed by atoms with Crippen molar-refractivity contribution in [3.63, 3.8) is 0 Å². The van der Waals surface area contributed by atoms with E-state index in [1.54, 1.807) is 31.3 Å². The molecule has 34 heavy (non-hydrogen) atoms. The normalized spacial score (nSPS) is 14.6. The van der Waals surface area contributed by atoms with E-state index in [1.807, 2.05) is 0 Å². The summed E-state index contributed by atoms with van der Waals surface area (Å²) < 4.78 is 58.5. The van der Waals surface area contributed by atoms with Crippen LogP contribution in [0.15, 0.2) is 54.7 Å². The molecule has 2 heterocycles. The van der Waals surface area contributed by atoms with Crippen LogP contribution in [0, 0.1) is 5.82 Å². The lowest BCUT2D eigenvalue weighted by molar-refractivity contribution is -0.137. The Hall–Kier alpha value is -3.46. The number of nitrogens with two attached hydrogens (primary N) is 1. The summed E-state index contributed by atoms with van der Waals surface area (Å²) in [5, 5.41) is 0. The van der Waals surface area contributed by atoms with Gasteiger partial charge in [-0.05, 0) is 47.4 Å².